The van der Waals surface area contributed by atoms with Crippen molar-refractivity contribution in [1.29, 1.82) is 0 Å². The average molecular weight is 180 g/mol. The number of fused-ring (bicyclic) bond motifs is 1. The minimum Gasteiger partial charge on any atom is -0.327 e. The minimum absolute atomic E-state index is 0.464. The third-order valence-electron chi connectivity index (χ3n) is 4.26. The standard InChI is InChI=1S/C11H20N2/c12-9-2-1-5-13(7-9)11-4-3-8-6-10(8)11/h8-11H,1-7,12H2. The molecule has 1 saturated heterocycles. The predicted octanol–water partition coefficient (Wildman–Crippen LogP) is 1.21. The minimum atomic E-state index is 0.464. The Bertz CT molecular complexity index is 204. The first-order valence-corrected chi connectivity index (χ1v) is 5.84. The van der Waals surface area contributed by atoms with Gasteiger partial charge in [-0.1, -0.05) is 0 Å². The van der Waals surface area contributed by atoms with Gasteiger partial charge in [0.1, 0.15) is 0 Å². The van der Waals surface area contributed by atoms with Gasteiger partial charge in [-0.3, -0.25) is 4.90 Å². The molecule has 3 aliphatic rings. The molecule has 0 radical (unpaired) electrons. The maximum Gasteiger partial charge on any atom is 0.0168 e. The van der Waals surface area contributed by atoms with Crippen molar-refractivity contribution in [1.82, 2.24) is 4.90 Å². The molecular weight excluding hydrogens is 160 g/mol. The number of rotatable bonds is 1. The van der Waals surface area contributed by atoms with E-state index in [1.165, 1.54) is 45.2 Å². The fourth-order valence-corrected chi connectivity index (χ4v) is 3.47. The van der Waals surface area contributed by atoms with E-state index in [1.807, 2.05) is 0 Å². The Morgan fingerprint density at radius 2 is 2.08 bits per heavy atom. The van der Waals surface area contributed by atoms with Gasteiger partial charge < -0.3 is 5.73 Å². The first-order valence-electron chi connectivity index (χ1n) is 5.84. The van der Waals surface area contributed by atoms with Crippen molar-refractivity contribution in [2.45, 2.75) is 44.2 Å². The van der Waals surface area contributed by atoms with E-state index in [0.29, 0.717) is 6.04 Å². The van der Waals surface area contributed by atoms with Gasteiger partial charge in [0, 0.05) is 18.6 Å². The van der Waals surface area contributed by atoms with Crippen molar-refractivity contribution in [3.8, 4) is 0 Å². The average Bonchev–Trinajstić information content (AvgIpc) is 2.78. The number of likely N-dealkylation sites (tertiary alicyclic amines) is 1. The summed E-state index contributed by atoms with van der Waals surface area (Å²) in [5.41, 5.74) is 6.01. The Kier molecular flexibility index (Phi) is 1.88. The lowest BCUT2D eigenvalue weighted by Gasteiger charge is -2.36. The Balaban J connectivity index is 1.63. The summed E-state index contributed by atoms with van der Waals surface area (Å²) < 4.78 is 0. The Labute approximate surface area is 80.5 Å². The molecule has 4 atom stereocenters. The molecule has 0 spiro atoms. The SMILES string of the molecule is NC1CCCN(C2CCC3CC32)C1. The summed E-state index contributed by atoms with van der Waals surface area (Å²) in [7, 11) is 0. The molecule has 0 aromatic heterocycles. The molecule has 0 aromatic rings. The van der Waals surface area contributed by atoms with Crippen molar-refractivity contribution < 1.29 is 0 Å². The van der Waals surface area contributed by atoms with Crippen LogP contribution in [0.15, 0.2) is 0 Å². The van der Waals surface area contributed by atoms with E-state index in [4.69, 9.17) is 5.73 Å². The fraction of sp³-hybridized carbons (Fsp3) is 1.00. The van der Waals surface area contributed by atoms with Crippen LogP contribution < -0.4 is 5.73 Å². The molecule has 1 heterocycles. The summed E-state index contributed by atoms with van der Waals surface area (Å²) in [5.74, 6) is 2.19. The van der Waals surface area contributed by atoms with Crippen molar-refractivity contribution in [2.75, 3.05) is 13.1 Å². The van der Waals surface area contributed by atoms with Crippen LogP contribution in [0.5, 0.6) is 0 Å². The van der Waals surface area contributed by atoms with E-state index in [2.05, 4.69) is 4.90 Å². The maximum absolute atomic E-state index is 6.01. The van der Waals surface area contributed by atoms with Crippen LogP contribution in [0.4, 0.5) is 0 Å². The highest BCUT2D eigenvalue weighted by Crippen LogP contribution is 2.53. The smallest absolute Gasteiger partial charge is 0.0168 e. The summed E-state index contributed by atoms with van der Waals surface area (Å²) in [6.45, 7) is 2.50. The Morgan fingerprint density at radius 1 is 1.15 bits per heavy atom. The zero-order chi connectivity index (χ0) is 8.84. The number of piperidine rings is 1. The van der Waals surface area contributed by atoms with Crippen LogP contribution in [-0.2, 0) is 0 Å². The van der Waals surface area contributed by atoms with Crippen LogP contribution in [0.3, 0.4) is 0 Å². The molecule has 0 amide bonds. The molecule has 2 heteroatoms. The third kappa shape index (κ3) is 1.40. The van der Waals surface area contributed by atoms with Crippen molar-refractivity contribution >= 4 is 0 Å². The normalized spacial score (nSPS) is 50.5. The molecule has 2 N–H and O–H groups in total. The van der Waals surface area contributed by atoms with Gasteiger partial charge in [0.05, 0.1) is 0 Å². The first kappa shape index (κ1) is 8.25. The Hall–Kier alpha value is -0.0800. The molecular formula is C11H20N2. The number of nitrogens with zero attached hydrogens (tertiary/aromatic N) is 1. The summed E-state index contributed by atoms with van der Waals surface area (Å²) in [5, 5.41) is 0. The van der Waals surface area contributed by atoms with Gasteiger partial charge in [0.15, 0.2) is 0 Å². The van der Waals surface area contributed by atoms with Crippen LogP contribution >= 0.6 is 0 Å². The van der Waals surface area contributed by atoms with Gasteiger partial charge in [-0.2, -0.15) is 0 Å². The molecule has 2 saturated carbocycles. The Morgan fingerprint density at radius 3 is 2.69 bits per heavy atom. The van der Waals surface area contributed by atoms with Crippen LogP contribution in [-0.4, -0.2) is 30.1 Å². The van der Waals surface area contributed by atoms with Crippen LogP contribution in [0, 0.1) is 11.8 Å². The zero-order valence-electron chi connectivity index (χ0n) is 8.28. The maximum atomic E-state index is 6.01. The van der Waals surface area contributed by atoms with E-state index in [1.54, 1.807) is 0 Å². The second-order valence-corrected chi connectivity index (χ2v) is 5.20. The summed E-state index contributed by atoms with van der Waals surface area (Å²) in [6, 6.07) is 1.39. The lowest BCUT2D eigenvalue weighted by Crippen LogP contribution is -2.47. The van der Waals surface area contributed by atoms with Crippen molar-refractivity contribution in [3.05, 3.63) is 0 Å². The largest absolute Gasteiger partial charge is 0.327 e. The molecule has 13 heavy (non-hydrogen) atoms. The molecule has 4 unspecified atom stereocenters. The highest BCUT2D eigenvalue weighted by atomic mass is 15.2. The summed E-state index contributed by atoms with van der Waals surface area (Å²) >= 11 is 0. The van der Waals surface area contributed by atoms with Gasteiger partial charge in [0.2, 0.25) is 0 Å². The molecule has 0 aromatic carbocycles. The second kappa shape index (κ2) is 2.96. The number of nitrogens with two attached hydrogens (primary N) is 1. The van der Waals surface area contributed by atoms with E-state index in [9.17, 15) is 0 Å². The van der Waals surface area contributed by atoms with Gasteiger partial charge >= 0.3 is 0 Å². The molecule has 2 aliphatic carbocycles. The number of hydrogen-bond donors (Lipinski definition) is 1. The molecule has 3 rings (SSSR count). The van der Waals surface area contributed by atoms with E-state index in [-0.39, 0.29) is 0 Å². The van der Waals surface area contributed by atoms with Crippen LogP contribution in [0.1, 0.15) is 32.1 Å². The third-order valence-corrected chi connectivity index (χ3v) is 4.26. The van der Waals surface area contributed by atoms with Gasteiger partial charge in [0.25, 0.3) is 0 Å². The molecule has 0 bridgehead atoms. The molecule has 3 fully saturated rings. The topological polar surface area (TPSA) is 29.3 Å². The lowest BCUT2D eigenvalue weighted by molar-refractivity contribution is 0.137. The van der Waals surface area contributed by atoms with Gasteiger partial charge in [-0.15, -0.1) is 0 Å². The highest BCUT2D eigenvalue weighted by molar-refractivity contribution is 5.03. The monoisotopic (exact) mass is 180 g/mol. The van der Waals surface area contributed by atoms with Crippen molar-refractivity contribution in [2.24, 2.45) is 17.6 Å². The van der Waals surface area contributed by atoms with E-state index >= 15 is 0 Å². The zero-order valence-corrected chi connectivity index (χ0v) is 8.28. The molecule has 1 aliphatic heterocycles. The summed E-state index contributed by atoms with van der Waals surface area (Å²) in [6.07, 6.45) is 7.06. The lowest BCUT2D eigenvalue weighted by atomic mass is 10.0. The van der Waals surface area contributed by atoms with Crippen molar-refractivity contribution in [3.63, 3.8) is 0 Å². The van der Waals surface area contributed by atoms with E-state index < -0.39 is 0 Å². The van der Waals surface area contributed by atoms with Crippen LogP contribution in [0.2, 0.25) is 0 Å². The predicted molar refractivity (Wildman–Crippen MR) is 53.4 cm³/mol. The fourth-order valence-electron chi connectivity index (χ4n) is 3.47. The number of hydrogen-bond acceptors (Lipinski definition) is 2. The van der Waals surface area contributed by atoms with Crippen LogP contribution in [0.25, 0.3) is 0 Å². The first-order chi connectivity index (χ1) is 6.34. The highest BCUT2D eigenvalue weighted by Gasteiger charge is 2.50. The molecule has 2 nitrogen and oxygen atoms in total. The van der Waals surface area contributed by atoms with Gasteiger partial charge in [-0.25, -0.2) is 0 Å². The summed E-state index contributed by atoms with van der Waals surface area (Å²) in [4.78, 5) is 2.69. The molecule has 74 valence electrons. The second-order valence-electron chi connectivity index (χ2n) is 5.20. The quantitative estimate of drug-likeness (QED) is 0.657. The van der Waals surface area contributed by atoms with Gasteiger partial charge in [-0.05, 0) is 50.5 Å². The van der Waals surface area contributed by atoms with E-state index in [0.717, 1.165) is 17.9 Å².